The van der Waals surface area contributed by atoms with Gasteiger partial charge in [0.25, 0.3) is 0 Å². The maximum atomic E-state index is 11.5. The zero-order valence-electron chi connectivity index (χ0n) is 14.3. The van der Waals surface area contributed by atoms with E-state index in [0.717, 1.165) is 42.2 Å². The molecule has 1 aromatic rings. The number of methoxy groups -OCH3 is 1. The number of nitrogens with zero attached hydrogens (tertiary/aromatic N) is 2. The molecule has 23 heavy (non-hydrogen) atoms. The van der Waals surface area contributed by atoms with Gasteiger partial charge in [-0.25, -0.2) is 9.79 Å². The summed E-state index contributed by atoms with van der Waals surface area (Å²) in [5.74, 6) is 1.48. The minimum Gasteiger partial charge on any atom is -0.497 e. The van der Waals surface area contributed by atoms with Crippen LogP contribution in [0.4, 0.5) is 5.69 Å². The molecule has 1 aliphatic heterocycles. The molecule has 1 aromatic carbocycles. The Labute approximate surface area is 137 Å². The number of hydrogen-bond acceptors (Lipinski definition) is 4. The lowest BCUT2D eigenvalue weighted by Gasteiger charge is -2.21. The molecule has 2 rings (SSSR count). The van der Waals surface area contributed by atoms with E-state index in [9.17, 15) is 4.79 Å². The van der Waals surface area contributed by atoms with Crippen molar-refractivity contribution in [1.29, 1.82) is 0 Å². The minimum atomic E-state index is -0.348. The van der Waals surface area contributed by atoms with Crippen LogP contribution in [0.1, 0.15) is 32.3 Å². The number of carbonyl (C=O) groups excluding carboxylic acids is 1. The lowest BCUT2D eigenvalue weighted by Crippen LogP contribution is -2.25. The van der Waals surface area contributed by atoms with E-state index in [1.807, 2.05) is 19.1 Å². The quantitative estimate of drug-likeness (QED) is 0.616. The fourth-order valence-corrected chi connectivity index (χ4v) is 2.68. The zero-order chi connectivity index (χ0) is 16.8. The second-order valence-electron chi connectivity index (χ2n) is 5.47. The number of rotatable bonds is 5. The highest BCUT2D eigenvalue weighted by Gasteiger charge is 2.21. The largest absolute Gasteiger partial charge is 0.497 e. The molecule has 0 spiro atoms. The summed E-state index contributed by atoms with van der Waals surface area (Å²) in [6.07, 6.45) is 3.39. The Morgan fingerprint density at radius 2 is 2.22 bits per heavy atom. The van der Waals surface area contributed by atoms with Gasteiger partial charge in [0, 0.05) is 30.4 Å². The summed E-state index contributed by atoms with van der Waals surface area (Å²) in [4.78, 5) is 18.3. The zero-order valence-corrected chi connectivity index (χ0v) is 14.3. The van der Waals surface area contributed by atoms with Gasteiger partial charge in [0.05, 0.1) is 13.7 Å². The third-order valence-corrected chi connectivity index (χ3v) is 3.71. The van der Waals surface area contributed by atoms with Crippen LogP contribution < -0.4 is 9.64 Å². The maximum absolute atomic E-state index is 11.5. The van der Waals surface area contributed by atoms with E-state index in [0.29, 0.717) is 12.3 Å². The molecule has 0 amide bonds. The molecule has 1 heterocycles. The van der Waals surface area contributed by atoms with Crippen molar-refractivity contribution in [3.63, 3.8) is 0 Å². The van der Waals surface area contributed by atoms with E-state index in [1.54, 1.807) is 14.0 Å². The molecular formula is C18H24N2O3. The number of allylic oxidation sites excluding steroid dienone is 1. The van der Waals surface area contributed by atoms with Gasteiger partial charge in [-0.3, -0.25) is 0 Å². The molecule has 0 aromatic heterocycles. The van der Waals surface area contributed by atoms with Gasteiger partial charge in [-0.2, -0.15) is 0 Å². The first-order valence-corrected chi connectivity index (χ1v) is 7.90. The van der Waals surface area contributed by atoms with Crippen molar-refractivity contribution in [2.24, 2.45) is 4.99 Å². The van der Waals surface area contributed by atoms with Gasteiger partial charge in [-0.05, 0) is 51.0 Å². The SMILES string of the molecule is CCOC(=O)/C=C(\C)N=C1CCCN1c1ccc(OC)cc1C. The number of ether oxygens (including phenoxy) is 2. The van der Waals surface area contributed by atoms with Crippen molar-refractivity contribution in [2.75, 3.05) is 25.2 Å². The van der Waals surface area contributed by atoms with Crippen molar-refractivity contribution in [3.05, 3.63) is 35.5 Å². The van der Waals surface area contributed by atoms with Crippen molar-refractivity contribution in [1.82, 2.24) is 0 Å². The number of benzene rings is 1. The van der Waals surface area contributed by atoms with E-state index >= 15 is 0 Å². The predicted molar refractivity (Wildman–Crippen MR) is 92.1 cm³/mol. The van der Waals surface area contributed by atoms with Gasteiger partial charge in [0.15, 0.2) is 0 Å². The van der Waals surface area contributed by atoms with Crippen LogP contribution in [0.25, 0.3) is 0 Å². The maximum Gasteiger partial charge on any atom is 0.332 e. The van der Waals surface area contributed by atoms with Gasteiger partial charge in [-0.1, -0.05) is 0 Å². The summed E-state index contributed by atoms with van der Waals surface area (Å²) in [6.45, 7) is 6.98. The lowest BCUT2D eigenvalue weighted by atomic mass is 10.1. The van der Waals surface area contributed by atoms with E-state index in [1.165, 1.54) is 6.08 Å². The molecule has 1 saturated heterocycles. The molecule has 0 atom stereocenters. The van der Waals surface area contributed by atoms with Crippen LogP contribution >= 0.6 is 0 Å². The third-order valence-electron chi connectivity index (χ3n) is 3.71. The van der Waals surface area contributed by atoms with E-state index < -0.39 is 0 Å². The van der Waals surface area contributed by atoms with Crippen molar-refractivity contribution >= 4 is 17.5 Å². The molecule has 0 unspecified atom stereocenters. The van der Waals surface area contributed by atoms with Gasteiger partial charge in [0.2, 0.25) is 0 Å². The summed E-state index contributed by atoms with van der Waals surface area (Å²) in [7, 11) is 1.67. The number of anilines is 1. The third kappa shape index (κ3) is 4.34. The Morgan fingerprint density at radius 3 is 2.87 bits per heavy atom. The first-order chi connectivity index (χ1) is 11.0. The smallest absolute Gasteiger partial charge is 0.332 e. The Kier molecular flexibility index (Phi) is 5.79. The minimum absolute atomic E-state index is 0.348. The van der Waals surface area contributed by atoms with Crippen LogP contribution in [0, 0.1) is 6.92 Å². The van der Waals surface area contributed by atoms with Crippen LogP contribution in [0.5, 0.6) is 5.75 Å². The van der Waals surface area contributed by atoms with Crippen LogP contribution in [0.15, 0.2) is 35.0 Å². The summed E-state index contributed by atoms with van der Waals surface area (Å²) in [5.41, 5.74) is 2.94. The number of amidine groups is 1. The number of hydrogen-bond donors (Lipinski definition) is 0. The first-order valence-electron chi connectivity index (χ1n) is 7.90. The van der Waals surface area contributed by atoms with Crippen molar-refractivity contribution < 1.29 is 14.3 Å². The van der Waals surface area contributed by atoms with Gasteiger partial charge < -0.3 is 14.4 Å². The number of aliphatic imine (C=N–C) groups is 1. The Bertz CT molecular complexity index is 635. The molecule has 0 aliphatic carbocycles. The first kappa shape index (κ1) is 17.1. The number of carbonyl (C=O) groups is 1. The summed E-state index contributed by atoms with van der Waals surface area (Å²) in [5, 5.41) is 0. The molecule has 1 fully saturated rings. The normalized spacial score (nSPS) is 16.8. The summed E-state index contributed by atoms with van der Waals surface area (Å²) >= 11 is 0. The number of esters is 1. The Morgan fingerprint density at radius 1 is 1.43 bits per heavy atom. The van der Waals surface area contributed by atoms with Gasteiger partial charge in [0.1, 0.15) is 11.6 Å². The van der Waals surface area contributed by atoms with Gasteiger partial charge in [-0.15, -0.1) is 0 Å². The predicted octanol–water partition coefficient (Wildman–Crippen LogP) is 3.47. The standard InChI is InChI=1S/C18H24N2O3/c1-5-23-18(21)12-14(3)19-17-7-6-10-20(17)16-9-8-15(22-4)11-13(16)2/h8-9,11-12H,5-7,10H2,1-4H3/b14-12+,19-17?. The molecule has 1 aliphatic rings. The van der Waals surface area contributed by atoms with Crippen molar-refractivity contribution in [3.8, 4) is 5.75 Å². The molecule has 0 radical (unpaired) electrons. The van der Waals surface area contributed by atoms with Crippen LogP contribution in [-0.2, 0) is 9.53 Å². The molecule has 0 bridgehead atoms. The Balaban J connectivity index is 2.23. The molecule has 0 saturated carbocycles. The van der Waals surface area contributed by atoms with Crippen molar-refractivity contribution in [2.45, 2.75) is 33.6 Å². The second kappa shape index (κ2) is 7.81. The van der Waals surface area contributed by atoms with Crippen LogP contribution in [0.2, 0.25) is 0 Å². The highest BCUT2D eigenvalue weighted by Crippen LogP contribution is 2.29. The van der Waals surface area contributed by atoms with Gasteiger partial charge >= 0.3 is 5.97 Å². The summed E-state index contributed by atoms with van der Waals surface area (Å²) in [6, 6.07) is 6.03. The second-order valence-corrected chi connectivity index (χ2v) is 5.47. The topological polar surface area (TPSA) is 51.1 Å². The van der Waals surface area contributed by atoms with E-state index in [2.05, 4.69) is 22.9 Å². The highest BCUT2D eigenvalue weighted by molar-refractivity contribution is 6.01. The monoisotopic (exact) mass is 316 g/mol. The fourth-order valence-electron chi connectivity index (χ4n) is 2.68. The van der Waals surface area contributed by atoms with Crippen LogP contribution in [-0.4, -0.2) is 32.1 Å². The Hall–Kier alpha value is -2.30. The number of aryl methyl sites for hydroxylation is 1. The molecule has 5 nitrogen and oxygen atoms in total. The molecule has 5 heteroatoms. The van der Waals surface area contributed by atoms with E-state index in [4.69, 9.17) is 9.47 Å². The summed E-state index contributed by atoms with van der Waals surface area (Å²) < 4.78 is 10.2. The lowest BCUT2D eigenvalue weighted by molar-refractivity contribution is -0.137. The molecular weight excluding hydrogens is 292 g/mol. The average Bonchev–Trinajstić information content (AvgIpc) is 2.94. The fraction of sp³-hybridized carbons (Fsp3) is 0.444. The molecule has 124 valence electrons. The van der Waals surface area contributed by atoms with E-state index in [-0.39, 0.29) is 5.97 Å². The highest BCUT2D eigenvalue weighted by atomic mass is 16.5. The average molecular weight is 316 g/mol. The van der Waals surface area contributed by atoms with Crippen LogP contribution in [0.3, 0.4) is 0 Å². The molecule has 0 N–H and O–H groups in total.